The van der Waals surface area contributed by atoms with Crippen LogP contribution in [0.5, 0.6) is 0 Å². The van der Waals surface area contributed by atoms with Crippen molar-refractivity contribution in [1.29, 1.82) is 0 Å². The highest BCUT2D eigenvalue weighted by molar-refractivity contribution is 6.30. The summed E-state index contributed by atoms with van der Waals surface area (Å²) in [5.41, 5.74) is 6.34. The number of hydroxylamine groups is 2. The Hall–Kier alpha value is -2.90. The van der Waals surface area contributed by atoms with E-state index in [4.69, 9.17) is 26.6 Å². The summed E-state index contributed by atoms with van der Waals surface area (Å²) in [4.78, 5) is 5.57. The minimum Gasteiger partial charge on any atom is -0.459 e. The van der Waals surface area contributed by atoms with Crippen LogP contribution in [0.3, 0.4) is 0 Å². The van der Waals surface area contributed by atoms with Crippen LogP contribution in [0.1, 0.15) is 22.9 Å². The second-order valence-electron chi connectivity index (χ2n) is 6.59. The molecule has 29 heavy (non-hydrogen) atoms. The van der Waals surface area contributed by atoms with Crippen molar-refractivity contribution in [3.63, 3.8) is 0 Å². The molecule has 4 nitrogen and oxygen atoms in total. The van der Waals surface area contributed by atoms with E-state index in [1.165, 1.54) is 6.07 Å². The summed E-state index contributed by atoms with van der Waals surface area (Å²) in [6.45, 7) is 0.391. The summed E-state index contributed by atoms with van der Waals surface area (Å²) in [5, 5.41) is 2.22. The van der Waals surface area contributed by atoms with Gasteiger partial charge in [0.1, 0.15) is 17.6 Å². The Labute approximate surface area is 169 Å². The first-order chi connectivity index (χ1) is 13.8. The predicted molar refractivity (Wildman–Crippen MR) is 102 cm³/mol. The van der Waals surface area contributed by atoms with Crippen LogP contribution in [-0.2, 0) is 17.6 Å². The van der Waals surface area contributed by atoms with E-state index >= 15 is 0 Å². The van der Waals surface area contributed by atoms with Crippen molar-refractivity contribution >= 4 is 11.6 Å². The molecule has 1 atom stereocenters. The van der Waals surface area contributed by atoms with Crippen LogP contribution in [0.25, 0.3) is 11.3 Å². The Morgan fingerprint density at radius 2 is 1.83 bits per heavy atom. The van der Waals surface area contributed by atoms with Crippen molar-refractivity contribution in [3.05, 3.63) is 94.5 Å². The minimum atomic E-state index is -4.42. The van der Waals surface area contributed by atoms with E-state index in [2.05, 4.69) is 0 Å². The predicted octanol–water partition coefficient (Wildman–Crippen LogP) is 5.91. The number of hydrogen-bond acceptors (Lipinski definition) is 4. The number of furan rings is 1. The molecule has 150 valence electrons. The first-order valence-corrected chi connectivity index (χ1v) is 9.11. The van der Waals surface area contributed by atoms with Crippen molar-refractivity contribution in [3.8, 4) is 11.3 Å². The lowest BCUT2D eigenvalue weighted by atomic mass is 10.1. The fourth-order valence-electron chi connectivity index (χ4n) is 3.15. The Balaban J connectivity index is 1.59. The number of nitrogens with zero attached hydrogens (tertiary/aromatic N) is 1. The second-order valence-corrected chi connectivity index (χ2v) is 7.03. The normalized spacial score (nSPS) is 17.2. The third kappa shape index (κ3) is 4.26. The number of hydrogen-bond donors (Lipinski definition) is 1. The van der Waals surface area contributed by atoms with Crippen molar-refractivity contribution in [2.45, 2.75) is 18.8 Å². The fraction of sp³-hybridized carbons (Fsp3) is 0.143. The second kappa shape index (κ2) is 7.50. The van der Waals surface area contributed by atoms with Gasteiger partial charge in [-0.25, -0.2) is 0 Å². The average molecular weight is 421 g/mol. The number of nitrogens with two attached hydrogens (primary N) is 1. The van der Waals surface area contributed by atoms with Gasteiger partial charge in [-0.3, -0.25) is 0 Å². The molecule has 1 aliphatic heterocycles. The monoisotopic (exact) mass is 420 g/mol. The lowest BCUT2D eigenvalue weighted by molar-refractivity contribution is -0.137. The molecule has 1 aromatic heterocycles. The van der Waals surface area contributed by atoms with Gasteiger partial charge in [-0.05, 0) is 42.0 Å². The van der Waals surface area contributed by atoms with Gasteiger partial charge in [0.05, 0.1) is 12.1 Å². The van der Waals surface area contributed by atoms with Gasteiger partial charge >= 0.3 is 6.18 Å². The van der Waals surface area contributed by atoms with Crippen LogP contribution in [0.4, 0.5) is 13.2 Å². The zero-order valence-electron chi connectivity index (χ0n) is 15.0. The van der Waals surface area contributed by atoms with E-state index < -0.39 is 17.8 Å². The largest absolute Gasteiger partial charge is 0.459 e. The Bertz CT molecular complexity index is 1060. The van der Waals surface area contributed by atoms with E-state index in [9.17, 15) is 13.2 Å². The van der Waals surface area contributed by atoms with E-state index in [-0.39, 0.29) is 5.88 Å². The first-order valence-electron chi connectivity index (χ1n) is 8.73. The molecule has 2 N–H and O–H groups in total. The van der Waals surface area contributed by atoms with Crippen molar-refractivity contribution in [1.82, 2.24) is 5.06 Å². The van der Waals surface area contributed by atoms with Crippen LogP contribution >= 0.6 is 11.6 Å². The molecule has 2 heterocycles. The maximum absolute atomic E-state index is 13.0. The summed E-state index contributed by atoms with van der Waals surface area (Å²) < 4.78 is 44.8. The summed E-state index contributed by atoms with van der Waals surface area (Å²) >= 11 is 6.03. The molecule has 8 heteroatoms. The van der Waals surface area contributed by atoms with Gasteiger partial charge in [0.25, 0.3) is 0 Å². The number of alkyl halides is 3. The van der Waals surface area contributed by atoms with Gasteiger partial charge in [-0.1, -0.05) is 35.9 Å². The average Bonchev–Trinajstić information content (AvgIpc) is 3.28. The van der Waals surface area contributed by atoms with Crippen LogP contribution < -0.4 is 5.73 Å². The van der Waals surface area contributed by atoms with Crippen molar-refractivity contribution in [2.24, 2.45) is 5.73 Å². The van der Waals surface area contributed by atoms with Gasteiger partial charge in [0.2, 0.25) is 5.88 Å². The summed E-state index contributed by atoms with van der Waals surface area (Å²) in [6.07, 6.45) is -2.74. The maximum Gasteiger partial charge on any atom is 0.416 e. The Morgan fingerprint density at radius 3 is 2.59 bits per heavy atom. The number of benzene rings is 2. The number of rotatable bonds is 4. The lowest BCUT2D eigenvalue weighted by Crippen LogP contribution is -2.23. The molecule has 4 rings (SSSR count). The molecule has 0 saturated carbocycles. The molecule has 0 fully saturated rings. The van der Waals surface area contributed by atoms with Gasteiger partial charge in [-0.15, -0.1) is 5.06 Å². The first kappa shape index (κ1) is 19.4. The van der Waals surface area contributed by atoms with Gasteiger partial charge in [0, 0.05) is 16.7 Å². The van der Waals surface area contributed by atoms with Gasteiger partial charge in [-0.2, -0.15) is 13.2 Å². The van der Waals surface area contributed by atoms with E-state index in [1.54, 1.807) is 35.4 Å². The summed E-state index contributed by atoms with van der Waals surface area (Å²) in [5.74, 6) is 1.04. The van der Waals surface area contributed by atoms with E-state index in [1.807, 2.05) is 18.2 Å². The highest BCUT2D eigenvalue weighted by atomic mass is 35.5. The molecule has 1 unspecified atom stereocenters. The highest BCUT2D eigenvalue weighted by Gasteiger charge is 2.32. The standard InChI is InChI=1S/C21H16ClF3N2O2/c22-16-6-1-3-13(9-16)12-27-17(11-20(26)29-27)19-8-7-18(28-19)14-4-2-5-15(10-14)21(23,24)25/h1-11,17H,12,26H2. The zero-order valence-corrected chi connectivity index (χ0v) is 15.7. The summed E-state index contributed by atoms with van der Waals surface area (Å²) in [6, 6.07) is 15.2. The molecular formula is C21H16ClF3N2O2. The molecular weight excluding hydrogens is 405 g/mol. The zero-order chi connectivity index (χ0) is 20.6. The van der Waals surface area contributed by atoms with Crippen LogP contribution in [0, 0.1) is 0 Å². The van der Waals surface area contributed by atoms with Crippen molar-refractivity contribution in [2.75, 3.05) is 0 Å². The third-order valence-corrected chi connectivity index (χ3v) is 4.71. The van der Waals surface area contributed by atoms with E-state index in [0.717, 1.165) is 17.7 Å². The topological polar surface area (TPSA) is 51.6 Å². The highest BCUT2D eigenvalue weighted by Crippen LogP contribution is 2.36. The van der Waals surface area contributed by atoms with Crippen molar-refractivity contribution < 1.29 is 22.4 Å². The SMILES string of the molecule is NC1=CC(c2ccc(-c3cccc(C(F)(F)F)c3)o2)N(Cc2cccc(Cl)c2)O1. The fourth-order valence-corrected chi connectivity index (χ4v) is 3.36. The molecule has 2 aromatic carbocycles. The molecule has 0 amide bonds. The molecule has 3 aromatic rings. The van der Waals surface area contributed by atoms with Crippen LogP contribution in [0.2, 0.25) is 5.02 Å². The molecule has 0 radical (unpaired) electrons. The minimum absolute atomic E-state index is 0.217. The molecule has 0 spiro atoms. The lowest BCUT2D eigenvalue weighted by Gasteiger charge is -2.21. The molecule has 0 saturated heterocycles. The van der Waals surface area contributed by atoms with E-state index in [0.29, 0.717) is 28.7 Å². The Kier molecular flexibility index (Phi) is 5.02. The quantitative estimate of drug-likeness (QED) is 0.570. The smallest absolute Gasteiger partial charge is 0.416 e. The third-order valence-electron chi connectivity index (χ3n) is 4.48. The molecule has 0 bridgehead atoms. The Morgan fingerprint density at radius 1 is 1.03 bits per heavy atom. The van der Waals surface area contributed by atoms with Gasteiger partial charge in [0.15, 0.2) is 0 Å². The van der Waals surface area contributed by atoms with Crippen LogP contribution in [0.15, 0.2) is 77.0 Å². The van der Waals surface area contributed by atoms with Crippen LogP contribution in [-0.4, -0.2) is 5.06 Å². The molecule has 1 aliphatic rings. The maximum atomic E-state index is 13.0. The molecule has 0 aliphatic carbocycles. The van der Waals surface area contributed by atoms with Gasteiger partial charge < -0.3 is 15.0 Å². The number of halogens is 4. The summed E-state index contributed by atoms with van der Waals surface area (Å²) in [7, 11) is 0.